The van der Waals surface area contributed by atoms with Crippen molar-refractivity contribution in [3.8, 4) is 0 Å². The van der Waals surface area contributed by atoms with E-state index >= 15 is 0 Å². The summed E-state index contributed by atoms with van der Waals surface area (Å²) < 4.78 is 16.7. The lowest BCUT2D eigenvalue weighted by molar-refractivity contribution is -0.302. The molecule has 1 aliphatic heterocycles. The highest BCUT2D eigenvalue weighted by molar-refractivity contribution is 5.76. The van der Waals surface area contributed by atoms with Crippen molar-refractivity contribution in [1.82, 2.24) is 5.32 Å². The molecule has 0 saturated carbocycles. The zero-order chi connectivity index (χ0) is 52.4. The second-order valence-electron chi connectivity index (χ2n) is 21.8. The molecule has 11 nitrogen and oxygen atoms in total. The summed E-state index contributed by atoms with van der Waals surface area (Å²) in [7, 11) is 0. The largest absolute Gasteiger partial charge is 0.466 e. The molecule has 1 aliphatic rings. The van der Waals surface area contributed by atoms with E-state index in [0.29, 0.717) is 19.4 Å². The summed E-state index contributed by atoms with van der Waals surface area (Å²) >= 11 is 0. The lowest BCUT2D eigenvalue weighted by atomic mass is 9.99. The van der Waals surface area contributed by atoms with Crippen LogP contribution in [0.5, 0.6) is 0 Å². The van der Waals surface area contributed by atoms with E-state index in [1.165, 1.54) is 218 Å². The number of hydrogen-bond donors (Lipinski definition) is 6. The van der Waals surface area contributed by atoms with Crippen molar-refractivity contribution in [2.24, 2.45) is 0 Å². The molecular formula is C61H117NO10. The Morgan fingerprint density at radius 3 is 1.29 bits per heavy atom. The van der Waals surface area contributed by atoms with Crippen molar-refractivity contribution in [2.45, 2.75) is 346 Å². The first-order valence-electron chi connectivity index (χ1n) is 31.0. The summed E-state index contributed by atoms with van der Waals surface area (Å²) in [5.74, 6) is -0.185. The van der Waals surface area contributed by atoms with Crippen molar-refractivity contribution in [2.75, 3.05) is 19.8 Å². The maximum absolute atomic E-state index is 13.0. The van der Waals surface area contributed by atoms with E-state index in [4.69, 9.17) is 14.2 Å². The van der Waals surface area contributed by atoms with Crippen LogP contribution in [0.15, 0.2) is 12.2 Å². The van der Waals surface area contributed by atoms with Crippen LogP contribution in [0.2, 0.25) is 0 Å². The molecule has 1 saturated heterocycles. The van der Waals surface area contributed by atoms with Crippen LogP contribution in [0.25, 0.3) is 0 Å². The van der Waals surface area contributed by atoms with Gasteiger partial charge in [0.1, 0.15) is 24.4 Å². The molecule has 0 aliphatic carbocycles. The van der Waals surface area contributed by atoms with E-state index in [9.17, 15) is 35.1 Å². The van der Waals surface area contributed by atoms with Crippen molar-refractivity contribution in [3.05, 3.63) is 12.2 Å². The minimum Gasteiger partial charge on any atom is -0.466 e. The van der Waals surface area contributed by atoms with Crippen LogP contribution < -0.4 is 5.32 Å². The number of aliphatic hydroxyl groups is 5. The smallest absolute Gasteiger partial charge is 0.305 e. The summed E-state index contributed by atoms with van der Waals surface area (Å²) in [6.07, 6.45) is 50.1. The molecule has 0 aromatic heterocycles. The zero-order valence-corrected chi connectivity index (χ0v) is 46.9. The third-order valence-corrected chi connectivity index (χ3v) is 14.9. The topological polar surface area (TPSA) is 175 Å². The van der Waals surface area contributed by atoms with Crippen LogP contribution in [0.4, 0.5) is 0 Å². The number of esters is 1. The molecule has 72 heavy (non-hydrogen) atoms. The maximum Gasteiger partial charge on any atom is 0.305 e. The van der Waals surface area contributed by atoms with Gasteiger partial charge in [0.25, 0.3) is 0 Å². The molecule has 7 unspecified atom stereocenters. The predicted octanol–water partition coefficient (Wildman–Crippen LogP) is 14.3. The standard InChI is InChI=1S/C61H117NO10/c1-3-5-7-9-11-13-15-24-28-31-35-39-43-47-54(64)53(52-71-61-60(69)59(68)58(67)55(51-63)72-61)62-56(65)48-44-40-36-32-29-25-22-20-18-16-17-19-21-23-26-30-34-38-42-46-50-70-57(66)49-45-41-37-33-27-14-12-10-8-6-4-2/h43,47,53-55,58-61,63-64,67-69H,3-42,44-46,48-52H2,1-2H3,(H,62,65)/b47-43+. The number of unbranched alkanes of at least 4 members (excludes halogenated alkanes) is 40. The SMILES string of the molecule is CCCCCCCCCCCCC/C=C/C(O)C(COC1OC(CO)C(O)C(O)C1O)NC(=O)CCCCCCCCCCCCCCCCCCCCCCOC(=O)CCCCCCCCCCCCC. The van der Waals surface area contributed by atoms with Gasteiger partial charge >= 0.3 is 5.97 Å². The van der Waals surface area contributed by atoms with Gasteiger partial charge in [-0.05, 0) is 32.1 Å². The van der Waals surface area contributed by atoms with Gasteiger partial charge in [-0.1, -0.05) is 270 Å². The van der Waals surface area contributed by atoms with Gasteiger partial charge in [-0.2, -0.15) is 0 Å². The summed E-state index contributed by atoms with van der Waals surface area (Å²) in [4.78, 5) is 25.1. The second-order valence-corrected chi connectivity index (χ2v) is 21.8. The van der Waals surface area contributed by atoms with Crippen LogP contribution in [0.3, 0.4) is 0 Å². The summed E-state index contributed by atoms with van der Waals surface area (Å²) in [5.41, 5.74) is 0. The number of allylic oxidation sites excluding steroid dienone is 1. The Morgan fingerprint density at radius 1 is 0.500 bits per heavy atom. The third-order valence-electron chi connectivity index (χ3n) is 14.9. The van der Waals surface area contributed by atoms with Crippen molar-refractivity contribution in [1.29, 1.82) is 0 Å². The highest BCUT2D eigenvalue weighted by atomic mass is 16.7. The number of rotatable bonds is 54. The van der Waals surface area contributed by atoms with Crippen LogP contribution in [-0.4, -0.2) is 100 Å². The molecule has 1 amide bonds. The number of carbonyl (C=O) groups is 2. The number of aliphatic hydroxyl groups excluding tert-OH is 5. The average Bonchev–Trinajstić information content (AvgIpc) is 3.38. The summed E-state index contributed by atoms with van der Waals surface area (Å²) in [5, 5.41) is 54.4. The van der Waals surface area contributed by atoms with Gasteiger partial charge in [0.05, 0.1) is 32.0 Å². The van der Waals surface area contributed by atoms with Crippen molar-refractivity contribution >= 4 is 11.9 Å². The number of ether oxygens (including phenoxy) is 3. The van der Waals surface area contributed by atoms with Crippen molar-refractivity contribution < 1.29 is 49.3 Å². The summed E-state index contributed by atoms with van der Waals surface area (Å²) in [6, 6.07) is -0.810. The van der Waals surface area contributed by atoms with E-state index in [0.717, 1.165) is 57.8 Å². The molecule has 6 N–H and O–H groups in total. The molecule has 426 valence electrons. The Hall–Kier alpha value is -1.60. The zero-order valence-electron chi connectivity index (χ0n) is 46.9. The Morgan fingerprint density at radius 2 is 0.875 bits per heavy atom. The van der Waals surface area contributed by atoms with Gasteiger partial charge in [-0.3, -0.25) is 9.59 Å². The van der Waals surface area contributed by atoms with E-state index in [1.807, 2.05) is 6.08 Å². The third kappa shape index (κ3) is 40.7. The molecule has 1 fully saturated rings. The Balaban J connectivity index is 2.06. The molecule has 0 spiro atoms. The molecule has 1 heterocycles. The average molecular weight is 1020 g/mol. The number of nitrogens with one attached hydrogen (secondary N) is 1. The molecule has 0 aromatic rings. The Labute approximate surface area is 442 Å². The van der Waals surface area contributed by atoms with Gasteiger partial charge in [0, 0.05) is 12.8 Å². The summed E-state index contributed by atoms with van der Waals surface area (Å²) in [6.45, 7) is 4.35. The first-order valence-corrected chi connectivity index (χ1v) is 31.0. The van der Waals surface area contributed by atoms with E-state index in [1.54, 1.807) is 6.08 Å². The van der Waals surface area contributed by atoms with E-state index in [2.05, 4.69) is 19.2 Å². The van der Waals surface area contributed by atoms with Crippen molar-refractivity contribution in [3.63, 3.8) is 0 Å². The minimum atomic E-state index is -1.57. The number of hydrogen-bond acceptors (Lipinski definition) is 10. The van der Waals surface area contributed by atoms with Crippen LogP contribution in [0.1, 0.15) is 303 Å². The lowest BCUT2D eigenvalue weighted by Crippen LogP contribution is -2.60. The van der Waals surface area contributed by atoms with Crippen LogP contribution in [-0.2, 0) is 23.8 Å². The number of amides is 1. The fourth-order valence-electron chi connectivity index (χ4n) is 9.97. The normalized spacial score (nSPS) is 19.0. The molecule has 1 rings (SSSR count). The second kappa shape index (κ2) is 51.5. The van der Waals surface area contributed by atoms with Gasteiger partial charge < -0.3 is 45.1 Å². The molecule has 0 aromatic carbocycles. The minimum absolute atomic E-state index is 0.00308. The van der Waals surface area contributed by atoms with Crippen LogP contribution in [0, 0.1) is 0 Å². The van der Waals surface area contributed by atoms with E-state index in [-0.39, 0.29) is 18.5 Å². The highest BCUT2D eigenvalue weighted by Crippen LogP contribution is 2.23. The monoisotopic (exact) mass is 1020 g/mol. The Kier molecular flexibility index (Phi) is 48.9. The van der Waals surface area contributed by atoms with Gasteiger partial charge in [-0.15, -0.1) is 0 Å². The molecule has 11 heteroatoms. The Bertz CT molecular complexity index is 1200. The quantitative estimate of drug-likeness (QED) is 0.0195. The molecule has 0 radical (unpaired) electrons. The fourth-order valence-corrected chi connectivity index (χ4v) is 9.97. The molecular weight excluding hydrogens is 907 g/mol. The first kappa shape index (κ1) is 68.4. The fraction of sp³-hybridized carbons (Fsp3) is 0.934. The van der Waals surface area contributed by atoms with Gasteiger partial charge in [0.15, 0.2) is 6.29 Å². The molecule has 0 bridgehead atoms. The first-order chi connectivity index (χ1) is 35.2. The van der Waals surface area contributed by atoms with E-state index < -0.39 is 49.5 Å². The predicted molar refractivity (Wildman–Crippen MR) is 297 cm³/mol. The molecule has 7 atom stereocenters. The maximum atomic E-state index is 13.0. The van der Waals surface area contributed by atoms with Crippen LogP contribution >= 0.6 is 0 Å². The highest BCUT2D eigenvalue weighted by Gasteiger charge is 2.44. The lowest BCUT2D eigenvalue weighted by Gasteiger charge is -2.40. The van der Waals surface area contributed by atoms with Gasteiger partial charge in [0.2, 0.25) is 5.91 Å². The number of carbonyl (C=O) groups excluding carboxylic acids is 2. The van der Waals surface area contributed by atoms with Gasteiger partial charge in [-0.25, -0.2) is 0 Å².